The van der Waals surface area contributed by atoms with Gasteiger partial charge in [-0.2, -0.15) is 4.31 Å². The third kappa shape index (κ3) is 3.80. The van der Waals surface area contributed by atoms with Crippen LogP contribution in [0, 0.1) is 0 Å². The molecule has 0 radical (unpaired) electrons. The number of aryl methyl sites for hydroxylation is 1. The van der Waals surface area contributed by atoms with E-state index in [9.17, 15) is 13.2 Å². The van der Waals surface area contributed by atoms with Crippen molar-refractivity contribution >= 4 is 15.9 Å². The number of carbonyl (C=O) groups is 1. The maximum absolute atomic E-state index is 12.8. The van der Waals surface area contributed by atoms with Gasteiger partial charge < -0.3 is 10.6 Å². The minimum Gasteiger partial charge on any atom is -0.338 e. The molecule has 2 aliphatic rings. The maximum atomic E-state index is 12.8. The Labute approximate surface area is 156 Å². The van der Waals surface area contributed by atoms with Crippen molar-refractivity contribution in [1.29, 1.82) is 0 Å². The summed E-state index contributed by atoms with van der Waals surface area (Å²) in [6.45, 7) is 3.56. The van der Waals surface area contributed by atoms with E-state index in [1.807, 2.05) is 12.1 Å². The molecule has 6 nitrogen and oxygen atoms in total. The Kier molecular flexibility index (Phi) is 5.69. The van der Waals surface area contributed by atoms with Crippen molar-refractivity contribution in [2.75, 3.05) is 26.2 Å². The highest BCUT2D eigenvalue weighted by Gasteiger charge is 2.41. The molecule has 0 atom stereocenters. The summed E-state index contributed by atoms with van der Waals surface area (Å²) < 4.78 is 27.2. The molecule has 144 valence electrons. The van der Waals surface area contributed by atoms with E-state index in [-0.39, 0.29) is 5.91 Å². The van der Waals surface area contributed by atoms with E-state index in [1.165, 1.54) is 4.31 Å². The van der Waals surface area contributed by atoms with Gasteiger partial charge in [0.05, 0.1) is 10.4 Å². The van der Waals surface area contributed by atoms with Gasteiger partial charge in [0.25, 0.3) is 0 Å². The second-order valence-electron chi connectivity index (χ2n) is 7.45. The lowest BCUT2D eigenvalue weighted by molar-refractivity contribution is -0.138. The normalized spacial score (nSPS) is 21.1. The van der Waals surface area contributed by atoms with Gasteiger partial charge in [0.1, 0.15) is 0 Å². The van der Waals surface area contributed by atoms with Crippen LogP contribution >= 0.6 is 0 Å². The fraction of sp³-hybridized carbons (Fsp3) is 0.632. The summed E-state index contributed by atoms with van der Waals surface area (Å²) in [7, 11) is -3.51. The average molecular weight is 380 g/mol. The van der Waals surface area contributed by atoms with E-state index in [0.29, 0.717) is 31.1 Å². The number of sulfonamides is 1. The van der Waals surface area contributed by atoms with E-state index in [2.05, 4.69) is 6.92 Å². The van der Waals surface area contributed by atoms with E-state index < -0.39 is 15.6 Å². The van der Waals surface area contributed by atoms with Crippen molar-refractivity contribution in [2.24, 2.45) is 5.73 Å². The van der Waals surface area contributed by atoms with Gasteiger partial charge in [0.15, 0.2) is 0 Å². The Balaban J connectivity index is 1.64. The molecule has 1 aromatic carbocycles. The molecule has 3 rings (SSSR count). The van der Waals surface area contributed by atoms with Crippen LogP contribution in [0.5, 0.6) is 0 Å². The van der Waals surface area contributed by atoms with Crippen LogP contribution in [-0.2, 0) is 21.2 Å². The monoisotopic (exact) mass is 379 g/mol. The van der Waals surface area contributed by atoms with Crippen molar-refractivity contribution in [3.63, 3.8) is 0 Å². The first-order valence-electron chi connectivity index (χ1n) is 9.54. The Morgan fingerprint density at radius 2 is 1.65 bits per heavy atom. The lowest BCUT2D eigenvalue weighted by Gasteiger charge is -2.37. The quantitative estimate of drug-likeness (QED) is 0.845. The molecule has 1 amide bonds. The highest BCUT2D eigenvalue weighted by molar-refractivity contribution is 7.89. The van der Waals surface area contributed by atoms with Gasteiger partial charge in [-0.3, -0.25) is 4.79 Å². The molecule has 1 aliphatic heterocycles. The van der Waals surface area contributed by atoms with Crippen LogP contribution in [0.1, 0.15) is 44.6 Å². The molecular weight excluding hydrogens is 350 g/mol. The molecule has 0 bridgehead atoms. The smallest absolute Gasteiger partial charge is 0.243 e. The zero-order valence-electron chi connectivity index (χ0n) is 15.5. The minimum atomic E-state index is -3.51. The number of piperazine rings is 1. The molecule has 2 fully saturated rings. The molecule has 7 heteroatoms. The second kappa shape index (κ2) is 7.66. The number of amides is 1. The number of rotatable bonds is 5. The fourth-order valence-corrected chi connectivity index (χ4v) is 5.35. The Morgan fingerprint density at radius 1 is 1.08 bits per heavy atom. The van der Waals surface area contributed by atoms with E-state index in [1.54, 1.807) is 17.0 Å². The van der Waals surface area contributed by atoms with Gasteiger partial charge in [-0.1, -0.05) is 38.3 Å². The Morgan fingerprint density at radius 3 is 2.19 bits per heavy atom. The van der Waals surface area contributed by atoms with E-state index in [0.717, 1.165) is 44.1 Å². The molecule has 1 heterocycles. The summed E-state index contributed by atoms with van der Waals surface area (Å²) in [6, 6.07) is 7.14. The first-order chi connectivity index (χ1) is 12.4. The highest BCUT2D eigenvalue weighted by Crippen LogP contribution is 2.29. The molecule has 26 heavy (non-hydrogen) atoms. The molecule has 2 N–H and O–H groups in total. The Bertz CT molecular complexity index is 732. The van der Waals surface area contributed by atoms with Crippen LogP contribution in [0.4, 0.5) is 0 Å². The average Bonchev–Trinajstić information content (AvgIpc) is 3.10. The van der Waals surface area contributed by atoms with Crippen molar-refractivity contribution in [3.05, 3.63) is 29.8 Å². The first kappa shape index (κ1) is 19.3. The van der Waals surface area contributed by atoms with Crippen LogP contribution in [0.25, 0.3) is 0 Å². The first-order valence-corrected chi connectivity index (χ1v) is 11.0. The van der Waals surface area contributed by atoms with Gasteiger partial charge in [0.2, 0.25) is 15.9 Å². The van der Waals surface area contributed by atoms with E-state index >= 15 is 0 Å². The zero-order chi connectivity index (χ0) is 18.8. The Hall–Kier alpha value is -1.44. The molecule has 0 spiro atoms. The summed E-state index contributed by atoms with van der Waals surface area (Å²) >= 11 is 0. The third-order valence-corrected chi connectivity index (χ3v) is 7.46. The summed E-state index contributed by atoms with van der Waals surface area (Å²) in [4.78, 5) is 14.7. The lowest BCUT2D eigenvalue weighted by Crippen LogP contribution is -2.59. The van der Waals surface area contributed by atoms with Crippen molar-refractivity contribution in [1.82, 2.24) is 9.21 Å². The number of nitrogens with two attached hydrogens (primary N) is 1. The van der Waals surface area contributed by atoms with Crippen molar-refractivity contribution < 1.29 is 13.2 Å². The molecule has 0 unspecified atom stereocenters. The molecule has 1 aromatic rings. The standard InChI is InChI=1S/C19H29N3O3S/c1-2-5-16-6-8-17(9-7-16)26(24,25)22-14-12-21(13-15-22)18(23)19(20)10-3-4-11-19/h6-9H,2-5,10-15,20H2,1H3. The molecule has 1 saturated heterocycles. The number of hydrogen-bond donors (Lipinski definition) is 1. The molecule has 0 aromatic heterocycles. The van der Waals surface area contributed by atoms with Gasteiger partial charge in [-0.05, 0) is 37.0 Å². The topological polar surface area (TPSA) is 83.7 Å². The van der Waals surface area contributed by atoms with Crippen LogP contribution in [0.15, 0.2) is 29.2 Å². The summed E-state index contributed by atoms with van der Waals surface area (Å²) in [5.74, 6) is -0.0176. The summed E-state index contributed by atoms with van der Waals surface area (Å²) in [5.41, 5.74) is 6.67. The van der Waals surface area contributed by atoms with Gasteiger partial charge in [0, 0.05) is 26.2 Å². The number of hydrogen-bond acceptors (Lipinski definition) is 4. The van der Waals surface area contributed by atoms with Gasteiger partial charge in [-0.15, -0.1) is 0 Å². The van der Waals surface area contributed by atoms with Crippen LogP contribution in [0.2, 0.25) is 0 Å². The third-order valence-electron chi connectivity index (χ3n) is 5.55. The predicted octanol–water partition coefficient (Wildman–Crippen LogP) is 1.74. The molecule has 1 aliphatic carbocycles. The van der Waals surface area contributed by atoms with Gasteiger partial charge in [-0.25, -0.2) is 8.42 Å². The number of benzene rings is 1. The predicted molar refractivity (Wildman–Crippen MR) is 101 cm³/mol. The number of nitrogens with zero attached hydrogens (tertiary/aromatic N) is 2. The SMILES string of the molecule is CCCc1ccc(S(=O)(=O)N2CCN(C(=O)C3(N)CCCC3)CC2)cc1. The second-order valence-corrected chi connectivity index (χ2v) is 9.39. The minimum absolute atomic E-state index is 0.0176. The largest absolute Gasteiger partial charge is 0.338 e. The van der Waals surface area contributed by atoms with Crippen molar-refractivity contribution in [2.45, 2.75) is 55.9 Å². The molecule has 1 saturated carbocycles. The summed E-state index contributed by atoms with van der Waals surface area (Å²) in [5, 5.41) is 0. The molecular formula is C19H29N3O3S. The highest BCUT2D eigenvalue weighted by atomic mass is 32.2. The fourth-order valence-electron chi connectivity index (χ4n) is 3.93. The summed E-state index contributed by atoms with van der Waals surface area (Å²) in [6.07, 6.45) is 5.42. The van der Waals surface area contributed by atoms with Crippen molar-refractivity contribution in [3.8, 4) is 0 Å². The van der Waals surface area contributed by atoms with Crippen LogP contribution < -0.4 is 5.73 Å². The van der Waals surface area contributed by atoms with Gasteiger partial charge >= 0.3 is 0 Å². The van der Waals surface area contributed by atoms with Crippen LogP contribution in [0.3, 0.4) is 0 Å². The maximum Gasteiger partial charge on any atom is 0.243 e. The lowest BCUT2D eigenvalue weighted by atomic mass is 9.97. The van der Waals surface area contributed by atoms with E-state index in [4.69, 9.17) is 5.73 Å². The zero-order valence-corrected chi connectivity index (χ0v) is 16.3. The van der Waals surface area contributed by atoms with Crippen LogP contribution in [-0.4, -0.2) is 55.2 Å². The number of carbonyl (C=O) groups excluding carboxylic acids is 1.